The third-order valence-electron chi connectivity index (χ3n) is 2.69. The molecule has 2 amide bonds. The first-order valence-corrected chi connectivity index (χ1v) is 6.39. The second-order valence-electron chi connectivity index (χ2n) is 4.04. The number of halogens is 2. The summed E-state index contributed by atoms with van der Waals surface area (Å²) in [7, 11) is 0. The minimum atomic E-state index is -0.588. The quantitative estimate of drug-likeness (QED) is 0.890. The summed E-state index contributed by atoms with van der Waals surface area (Å²) < 4.78 is 0. The van der Waals surface area contributed by atoms with Crippen molar-refractivity contribution in [1.29, 1.82) is 0 Å². The number of hydrogen-bond donors (Lipinski definition) is 2. The molecule has 0 radical (unpaired) electrons. The molecule has 0 bridgehead atoms. The maximum atomic E-state index is 11.1. The number of amides is 2. The molecule has 0 fully saturated rings. The van der Waals surface area contributed by atoms with Crippen LogP contribution >= 0.6 is 23.2 Å². The zero-order valence-corrected chi connectivity index (χ0v) is 11.4. The van der Waals surface area contributed by atoms with Crippen LogP contribution in [0.4, 0.5) is 4.79 Å². The van der Waals surface area contributed by atoms with Crippen LogP contribution in [0.25, 0.3) is 0 Å². The van der Waals surface area contributed by atoms with Gasteiger partial charge in [-0.3, -0.25) is 0 Å². The van der Waals surface area contributed by atoms with E-state index in [2.05, 4.69) is 5.32 Å². The average Bonchev–Trinajstić information content (AvgIpc) is 2.38. The zero-order valence-electron chi connectivity index (χ0n) is 9.94. The van der Waals surface area contributed by atoms with Crippen molar-refractivity contribution in [1.82, 2.24) is 5.32 Å². The molecule has 0 saturated carbocycles. The first kappa shape index (κ1) is 13.7. The molecule has 2 rings (SSSR count). The summed E-state index contributed by atoms with van der Waals surface area (Å²) in [5, 5.41) is 3.98. The first-order valence-electron chi connectivity index (χ1n) is 5.63. The number of hydrogen-bond acceptors (Lipinski definition) is 1. The van der Waals surface area contributed by atoms with Crippen molar-refractivity contribution in [2.45, 2.75) is 6.04 Å². The van der Waals surface area contributed by atoms with Gasteiger partial charge >= 0.3 is 6.03 Å². The molecule has 5 heteroatoms. The lowest BCUT2D eigenvalue weighted by Gasteiger charge is -2.18. The highest BCUT2D eigenvalue weighted by atomic mass is 35.5. The summed E-state index contributed by atoms with van der Waals surface area (Å²) >= 11 is 11.7. The van der Waals surface area contributed by atoms with Crippen molar-refractivity contribution in [2.24, 2.45) is 5.73 Å². The molecule has 2 aromatic rings. The van der Waals surface area contributed by atoms with Gasteiger partial charge in [-0.1, -0.05) is 47.5 Å². The van der Waals surface area contributed by atoms with Gasteiger partial charge in [0, 0.05) is 10.0 Å². The van der Waals surface area contributed by atoms with Crippen molar-refractivity contribution < 1.29 is 4.79 Å². The van der Waals surface area contributed by atoms with Crippen LogP contribution in [0.5, 0.6) is 0 Å². The van der Waals surface area contributed by atoms with Gasteiger partial charge in [-0.25, -0.2) is 4.79 Å². The SMILES string of the molecule is NC(=O)NC(c1ccc(Cl)cc1)c1ccc(Cl)cc1. The van der Waals surface area contributed by atoms with E-state index in [0.717, 1.165) is 11.1 Å². The van der Waals surface area contributed by atoms with E-state index in [4.69, 9.17) is 28.9 Å². The Hall–Kier alpha value is -1.71. The van der Waals surface area contributed by atoms with Crippen LogP contribution in [-0.2, 0) is 0 Å². The van der Waals surface area contributed by atoms with Crippen LogP contribution in [0.1, 0.15) is 17.2 Å². The molecule has 0 aliphatic rings. The Morgan fingerprint density at radius 2 is 1.26 bits per heavy atom. The Balaban J connectivity index is 2.37. The van der Waals surface area contributed by atoms with Gasteiger partial charge in [0.25, 0.3) is 0 Å². The lowest BCUT2D eigenvalue weighted by molar-refractivity contribution is 0.247. The van der Waals surface area contributed by atoms with E-state index in [9.17, 15) is 4.79 Å². The topological polar surface area (TPSA) is 55.1 Å². The molecule has 19 heavy (non-hydrogen) atoms. The molecule has 3 N–H and O–H groups in total. The lowest BCUT2D eigenvalue weighted by Crippen LogP contribution is -2.33. The molecule has 0 atom stereocenters. The highest BCUT2D eigenvalue weighted by Crippen LogP contribution is 2.24. The Kier molecular flexibility index (Phi) is 4.30. The monoisotopic (exact) mass is 294 g/mol. The Labute approximate surface area is 121 Å². The molecule has 0 saturated heterocycles. The minimum Gasteiger partial charge on any atom is -0.352 e. The normalized spacial score (nSPS) is 10.5. The van der Waals surface area contributed by atoms with E-state index in [1.165, 1.54) is 0 Å². The molecule has 0 spiro atoms. The van der Waals surface area contributed by atoms with E-state index >= 15 is 0 Å². The van der Waals surface area contributed by atoms with Gasteiger partial charge in [0.2, 0.25) is 0 Å². The largest absolute Gasteiger partial charge is 0.352 e. The molecule has 0 aliphatic carbocycles. The van der Waals surface area contributed by atoms with Crippen LogP contribution in [0.15, 0.2) is 48.5 Å². The smallest absolute Gasteiger partial charge is 0.312 e. The summed E-state index contributed by atoms with van der Waals surface area (Å²) in [6, 6.07) is 13.5. The average molecular weight is 295 g/mol. The molecule has 0 heterocycles. The van der Waals surface area contributed by atoms with E-state index < -0.39 is 6.03 Å². The van der Waals surface area contributed by atoms with Crippen molar-refractivity contribution in [3.05, 3.63) is 69.7 Å². The van der Waals surface area contributed by atoms with E-state index in [1.807, 2.05) is 24.3 Å². The maximum Gasteiger partial charge on any atom is 0.312 e. The summed E-state index contributed by atoms with van der Waals surface area (Å²) in [6.45, 7) is 0. The van der Waals surface area contributed by atoms with Gasteiger partial charge in [0.1, 0.15) is 0 Å². The predicted octanol–water partition coefficient (Wildman–Crippen LogP) is 3.75. The second-order valence-corrected chi connectivity index (χ2v) is 4.92. The van der Waals surface area contributed by atoms with Gasteiger partial charge in [-0.2, -0.15) is 0 Å². The summed E-state index contributed by atoms with van der Waals surface area (Å²) in [5.74, 6) is 0. The number of nitrogens with one attached hydrogen (secondary N) is 1. The molecule has 98 valence electrons. The van der Waals surface area contributed by atoms with Crippen LogP contribution in [-0.4, -0.2) is 6.03 Å². The molecule has 0 aromatic heterocycles. The van der Waals surface area contributed by atoms with Crippen LogP contribution in [0.2, 0.25) is 10.0 Å². The van der Waals surface area contributed by atoms with Gasteiger partial charge in [0.15, 0.2) is 0 Å². The fraction of sp³-hybridized carbons (Fsp3) is 0.0714. The van der Waals surface area contributed by atoms with Crippen molar-refractivity contribution in [3.8, 4) is 0 Å². The zero-order chi connectivity index (χ0) is 13.8. The highest BCUT2D eigenvalue weighted by molar-refractivity contribution is 6.30. The first-order chi connectivity index (χ1) is 9.06. The fourth-order valence-corrected chi connectivity index (χ4v) is 2.06. The fourth-order valence-electron chi connectivity index (χ4n) is 1.81. The lowest BCUT2D eigenvalue weighted by atomic mass is 9.99. The van der Waals surface area contributed by atoms with Gasteiger partial charge in [-0.05, 0) is 35.4 Å². The Bertz CT molecular complexity index is 522. The number of primary amides is 1. The Morgan fingerprint density at radius 1 is 0.895 bits per heavy atom. The van der Waals surface area contributed by atoms with Crippen LogP contribution in [0, 0.1) is 0 Å². The van der Waals surface area contributed by atoms with Gasteiger partial charge in [0.05, 0.1) is 6.04 Å². The number of rotatable bonds is 3. The van der Waals surface area contributed by atoms with Crippen LogP contribution in [0.3, 0.4) is 0 Å². The number of nitrogens with two attached hydrogens (primary N) is 1. The number of carbonyl (C=O) groups is 1. The number of urea groups is 1. The van der Waals surface area contributed by atoms with E-state index in [1.54, 1.807) is 24.3 Å². The molecule has 3 nitrogen and oxygen atoms in total. The van der Waals surface area contributed by atoms with E-state index in [-0.39, 0.29) is 6.04 Å². The van der Waals surface area contributed by atoms with Gasteiger partial charge in [-0.15, -0.1) is 0 Å². The molecule has 2 aromatic carbocycles. The standard InChI is InChI=1S/C14H12Cl2N2O/c15-11-5-1-9(2-6-11)13(18-14(17)19)10-3-7-12(16)8-4-10/h1-8,13H,(H3,17,18,19). The van der Waals surface area contributed by atoms with E-state index in [0.29, 0.717) is 10.0 Å². The minimum absolute atomic E-state index is 0.327. The second kappa shape index (κ2) is 5.95. The molecule has 0 aliphatic heterocycles. The third-order valence-corrected chi connectivity index (χ3v) is 3.20. The highest BCUT2D eigenvalue weighted by Gasteiger charge is 2.15. The van der Waals surface area contributed by atoms with Crippen LogP contribution < -0.4 is 11.1 Å². The van der Waals surface area contributed by atoms with Crippen molar-refractivity contribution in [2.75, 3.05) is 0 Å². The number of benzene rings is 2. The summed E-state index contributed by atoms with van der Waals surface area (Å²) in [6.07, 6.45) is 0. The summed E-state index contributed by atoms with van der Waals surface area (Å²) in [4.78, 5) is 11.1. The van der Waals surface area contributed by atoms with Gasteiger partial charge < -0.3 is 11.1 Å². The number of carbonyl (C=O) groups excluding carboxylic acids is 1. The summed E-state index contributed by atoms with van der Waals surface area (Å²) in [5.41, 5.74) is 7.01. The van der Waals surface area contributed by atoms with Crippen molar-refractivity contribution >= 4 is 29.2 Å². The predicted molar refractivity (Wildman–Crippen MR) is 77.5 cm³/mol. The molecule has 0 unspecified atom stereocenters. The Morgan fingerprint density at radius 3 is 1.58 bits per heavy atom. The molecular formula is C14H12Cl2N2O. The maximum absolute atomic E-state index is 11.1. The third kappa shape index (κ3) is 3.63. The van der Waals surface area contributed by atoms with Crippen molar-refractivity contribution in [3.63, 3.8) is 0 Å². The molecular weight excluding hydrogens is 283 g/mol.